The molecule has 0 aliphatic heterocycles. The highest BCUT2D eigenvalue weighted by Gasteiger charge is 2.27. The van der Waals surface area contributed by atoms with E-state index < -0.39 is 0 Å². The van der Waals surface area contributed by atoms with Crippen LogP contribution in [0.15, 0.2) is 0 Å². The minimum absolute atomic E-state index is 0.428. The molecule has 0 aromatic heterocycles. The topological polar surface area (TPSA) is 55.6 Å². The molecule has 0 heterocycles. The van der Waals surface area contributed by atoms with E-state index in [0.717, 1.165) is 12.8 Å². The molecular weight excluding hydrogens is 118 g/mol. The van der Waals surface area contributed by atoms with Crippen molar-refractivity contribution in [2.24, 2.45) is 5.84 Å². The number of hydrogen-bond acceptors (Lipinski definition) is 4. The summed E-state index contributed by atoms with van der Waals surface area (Å²) in [6.07, 6.45) is 2.23. The molecule has 1 aliphatic rings. The van der Waals surface area contributed by atoms with Crippen molar-refractivity contribution < 1.29 is 0 Å². The summed E-state index contributed by atoms with van der Waals surface area (Å²) in [5, 5.41) is 12.5. The van der Waals surface area contributed by atoms with Gasteiger partial charge in [-0.15, -0.1) is 0 Å². The van der Waals surface area contributed by atoms with Crippen molar-refractivity contribution in [3.63, 3.8) is 0 Å². The van der Waals surface area contributed by atoms with E-state index in [-0.39, 0.29) is 0 Å². The molecule has 0 saturated heterocycles. The Hall–Kier alpha value is -0.160. The van der Waals surface area contributed by atoms with Gasteiger partial charge in [-0.05, 0) is 12.8 Å². The van der Waals surface area contributed by atoms with Crippen molar-refractivity contribution in [3.8, 4) is 0 Å². The normalized spacial score (nSPS) is 19.7. The van der Waals surface area contributed by atoms with E-state index >= 15 is 0 Å². The molecule has 0 bridgehead atoms. The van der Waals surface area contributed by atoms with Gasteiger partial charge >= 0.3 is 0 Å². The van der Waals surface area contributed by atoms with Gasteiger partial charge in [0.15, 0.2) is 0 Å². The van der Waals surface area contributed by atoms with Gasteiger partial charge in [0.25, 0.3) is 0 Å². The molecule has 1 fully saturated rings. The first-order chi connectivity index (χ1) is 4.25. The van der Waals surface area contributed by atoms with E-state index in [0.29, 0.717) is 17.9 Å². The Balaban J connectivity index is 2.28. The van der Waals surface area contributed by atoms with Gasteiger partial charge < -0.3 is 5.21 Å². The second-order valence-electron chi connectivity index (χ2n) is 2.29. The van der Waals surface area contributed by atoms with Gasteiger partial charge in [-0.2, -0.15) is 0 Å². The molecule has 0 amide bonds. The SMILES string of the molecule is CCN(C1CC1)N(N)[O-]. The molecule has 4 nitrogen and oxygen atoms in total. The number of hydrazine groups is 2. The van der Waals surface area contributed by atoms with Crippen LogP contribution in [0.1, 0.15) is 19.8 Å². The van der Waals surface area contributed by atoms with Gasteiger partial charge in [0.2, 0.25) is 0 Å². The van der Waals surface area contributed by atoms with Gasteiger partial charge in [0.1, 0.15) is 0 Å². The quantitative estimate of drug-likeness (QED) is 0.433. The Morgan fingerprint density at radius 3 is 2.33 bits per heavy atom. The lowest BCUT2D eigenvalue weighted by Gasteiger charge is -2.34. The fourth-order valence-electron chi connectivity index (χ4n) is 0.931. The van der Waals surface area contributed by atoms with Gasteiger partial charge in [-0.25, -0.2) is 5.01 Å². The first-order valence-corrected chi connectivity index (χ1v) is 3.24. The van der Waals surface area contributed by atoms with E-state index in [1.54, 1.807) is 5.01 Å². The summed E-state index contributed by atoms with van der Waals surface area (Å²) in [7, 11) is 0. The largest absolute Gasteiger partial charge is 0.758 e. The van der Waals surface area contributed by atoms with Crippen molar-refractivity contribution in [2.45, 2.75) is 25.8 Å². The van der Waals surface area contributed by atoms with Crippen molar-refractivity contribution in [3.05, 3.63) is 5.21 Å². The standard InChI is InChI=1S/C5H12N3O/c1-2-7(8(6)9)5-3-4-5/h5H,2-4,6H2,1H3/q-1. The Morgan fingerprint density at radius 1 is 1.67 bits per heavy atom. The first-order valence-electron chi connectivity index (χ1n) is 3.24. The minimum atomic E-state index is 0.428. The van der Waals surface area contributed by atoms with Crippen LogP contribution in [0.25, 0.3) is 0 Å². The lowest BCUT2D eigenvalue weighted by Crippen LogP contribution is -2.44. The van der Waals surface area contributed by atoms with Crippen LogP contribution >= 0.6 is 0 Å². The highest BCUT2D eigenvalue weighted by Crippen LogP contribution is 2.26. The summed E-state index contributed by atoms with van der Waals surface area (Å²) in [6, 6.07) is 0.428. The van der Waals surface area contributed by atoms with Gasteiger partial charge in [-0.1, -0.05) is 6.92 Å². The predicted molar refractivity (Wildman–Crippen MR) is 34.8 cm³/mol. The molecular formula is C5H12N3O-. The maximum Gasteiger partial charge on any atom is 0.0250 e. The summed E-state index contributed by atoms with van der Waals surface area (Å²) in [6.45, 7) is 2.64. The van der Waals surface area contributed by atoms with Gasteiger partial charge in [-0.3, -0.25) is 11.1 Å². The van der Waals surface area contributed by atoms with E-state index in [4.69, 9.17) is 5.84 Å². The maximum absolute atomic E-state index is 10.5. The van der Waals surface area contributed by atoms with Crippen LogP contribution in [-0.4, -0.2) is 22.9 Å². The molecule has 0 spiro atoms. The van der Waals surface area contributed by atoms with Crippen LogP contribution in [-0.2, 0) is 0 Å². The fraction of sp³-hybridized carbons (Fsp3) is 1.00. The zero-order valence-corrected chi connectivity index (χ0v) is 5.58. The second-order valence-corrected chi connectivity index (χ2v) is 2.29. The predicted octanol–water partition coefficient (Wildman–Crippen LogP) is 0.0592. The van der Waals surface area contributed by atoms with Crippen LogP contribution in [0.2, 0.25) is 0 Å². The first kappa shape index (κ1) is 6.95. The Kier molecular flexibility index (Phi) is 2.02. The Bertz CT molecular complexity index is 90.2. The number of rotatable bonds is 3. The summed E-state index contributed by atoms with van der Waals surface area (Å²) in [5.74, 6) is 4.99. The van der Waals surface area contributed by atoms with Crippen LogP contribution in [0.4, 0.5) is 0 Å². The van der Waals surface area contributed by atoms with Crippen molar-refractivity contribution in [2.75, 3.05) is 6.54 Å². The van der Waals surface area contributed by atoms with Gasteiger partial charge in [0, 0.05) is 12.6 Å². The molecule has 1 aliphatic carbocycles. The number of nitrogens with two attached hydrogens (primary N) is 1. The van der Waals surface area contributed by atoms with E-state index in [1.807, 2.05) is 6.92 Å². The fourth-order valence-corrected chi connectivity index (χ4v) is 0.931. The Labute approximate surface area is 54.7 Å². The van der Waals surface area contributed by atoms with Crippen LogP contribution < -0.4 is 5.84 Å². The molecule has 54 valence electrons. The molecule has 9 heavy (non-hydrogen) atoms. The molecule has 0 radical (unpaired) electrons. The molecule has 0 aromatic rings. The highest BCUT2D eigenvalue weighted by molar-refractivity contribution is 4.81. The third-order valence-corrected chi connectivity index (χ3v) is 1.55. The minimum Gasteiger partial charge on any atom is -0.758 e. The van der Waals surface area contributed by atoms with E-state index in [2.05, 4.69) is 0 Å². The summed E-state index contributed by atoms with van der Waals surface area (Å²) in [5.41, 5.74) is 0. The third-order valence-electron chi connectivity index (χ3n) is 1.55. The highest BCUT2D eigenvalue weighted by atomic mass is 16.6. The maximum atomic E-state index is 10.5. The van der Waals surface area contributed by atoms with E-state index in [1.165, 1.54) is 0 Å². The smallest absolute Gasteiger partial charge is 0.0250 e. The Morgan fingerprint density at radius 2 is 2.22 bits per heavy atom. The molecule has 2 N–H and O–H groups in total. The average molecular weight is 130 g/mol. The zero-order chi connectivity index (χ0) is 6.85. The summed E-state index contributed by atoms with van der Waals surface area (Å²) >= 11 is 0. The summed E-state index contributed by atoms with van der Waals surface area (Å²) < 4.78 is 0. The number of nitrogens with zero attached hydrogens (tertiary/aromatic N) is 2. The van der Waals surface area contributed by atoms with Crippen LogP contribution in [0.3, 0.4) is 0 Å². The molecule has 4 heteroatoms. The summed E-state index contributed by atoms with van der Waals surface area (Å²) in [4.78, 5) is 0. The molecule has 0 atom stereocenters. The van der Waals surface area contributed by atoms with Crippen LogP contribution in [0, 0.1) is 5.21 Å². The van der Waals surface area contributed by atoms with Gasteiger partial charge in [0.05, 0.1) is 0 Å². The monoisotopic (exact) mass is 130 g/mol. The number of hydrogen-bond donors (Lipinski definition) is 1. The van der Waals surface area contributed by atoms with Crippen molar-refractivity contribution >= 4 is 0 Å². The molecule has 1 rings (SSSR count). The molecule has 1 saturated carbocycles. The second kappa shape index (κ2) is 2.62. The molecule has 0 aromatic carbocycles. The van der Waals surface area contributed by atoms with Crippen LogP contribution in [0.5, 0.6) is 0 Å². The average Bonchev–Trinajstić information content (AvgIpc) is 2.50. The van der Waals surface area contributed by atoms with Crippen molar-refractivity contribution in [1.29, 1.82) is 0 Å². The molecule has 0 unspecified atom stereocenters. The lowest BCUT2D eigenvalue weighted by atomic mass is 10.6. The van der Waals surface area contributed by atoms with Crippen molar-refractivity contribution in [1.82, 2.24) is 10.3 Å². The lowest BCUT2D eigenvalue weighted by molar-refractivity contribution is 0.0176. The van der Waals surface area contributed by atoms with E-state index in [9.17, 15) is 5.21 Å². The third kappa shape index (κ3) is 1.62. The zero-order valence-electron chi connectivity index (χ0n) is 5.58.